The number of nitro groups is 1. The summed E-state index contributed by atoms with van der Waals surface area (Å²) in [6, 6.07) is 7.04. The lowest BCUT2D eigenvalue weighted by Gasteiger charge is -2.19. The summed E-state index contributed by atoms with van der Waals surface area (Å²) in [5, 5.41) is 13.4. The fourth-order valence-electron chi connectivity index (χ4n) is 3.34. The Kier molecular flexibility index (Phi) is 6.81. The number of anilines is 1. The summed E-state index contributed by atoms with van der Waals surface area (Å²) in [6.45, 7) is 3.19. The van der Waals surface area contributed by atoms with Crippen LogP contribution in [0.15, 0.2) is 41.3 Å². The van der Waals surface area contributed by atoms with Crippen LogP contribution in [-0.4, -0.2) is 59.9 Å². The van der Waals surface area contributed by atoms with Crippen molar-refractivity contribution in [2.75, 3.05) is 25.0 Å². The second-order valence-corrected chi connectivity index (χ2v) is 9.31. The number of non-ortho nitro benzene ring substituents is 1. The zero-order valence-electron chi connectivity index (χ0n) is 17.6. The van der Waals surface area contributed by atoms with Gasteiger partial charge in [-0.1, -0.05) is 25.4 Å². The lowest BCUT2D eigenvalue weighted by Crippen LogP contribution is -2.37. The van der Waals surface area contributed by atoms with Crippen LogP contribution in [0.25, 0.3) is 0 Å². The molecule has 0 fully saturated rings. The molecule has 0 atom stereocenters. The molecule has 3 rings (SSSR count). The number of sulfonamides is 1. The summed E-state index contributed by atoms with van der Waals surface area (Å²) < 4.78 is 26.7. The van der Waals surface area contributed by atoms with Crippen molar-refractivity contribution >= 4 is 50.7 Å². The number of hydrogen-bond acceptors (Lipinski definition) is 7. The highest BCUT2D eigenvalue weighted by molar-refractivity contribution is 7.89. The van der Waals surface area contributed by atoms with Gasteiger partial charge in [-0.05, 0) is 24.3 Å². The first kappa shape index (κ1) is 24.3. The van der Waals surface area contributed by atoms with Crippen LogP contribution in [0.1, 0.15) is 34.6 Å². The van der Waals surface area contributed by atoms with Crippen molar-refractivity contribution < 1.29 is 27.7 Å². The van der Waals surface area contributed by atoms with Crippen molar-refractivity contribution in [2.24, 2.45) is 0 Å². The zero-order chi connectivity index (χ0) is 24.5. The monoisotopic (exact) mass is 494 g/mol. The van der Waals surface area contributed by atoms with Crippen molar-refractivity contribution in [2.45, 2.75) is 18.7 Å². The molecule has 0 spiro atoms. The maximum absolute atomic E-state index is 12.7. The Balaban J connectivity index is 1.81. The maximum atomic E-state index is 12.7. The number of benzene rings is 2. The van der Waals surface area contributed by atoms with Gasteiger partial charge in [-0.3, -0.25) is 29.4 Å². The number of carbonyl (C=O) groups is 3. The molecule has 0 unspecified atom stereocenters. The minimum absolute atomic E-state index is 0.0119. The molecule has 2 aromatic rings. The topological polar surface area (TPSA) is 147 Å². The van der Waals surface area contributed by atoms with E-state index in [9.17, 15) is 32.9 Å². The van der Waals surface area contributed by atoms with Gasteiger partial charge in [0.2, 0.25) is 15.9 Å². The van der Waals surface area contributed by atoms with Crippen LogP contribution in [0, 0.1) is 10.1 Å². The van der Waals surface area contributed by atoms with Crippen LogP contribution in [0.3, 0.4) is 0 Å². The Labute approximate surface area is 194 Å². The number of nitro benzene ring substituents is 1. The molecule has 3 amide bonds. The van der Waals surface area contributed by atoms with Gasteiger partial charge in [-0.15, -0.1) is 0 Å². The fraction of sp³-hybridized carbons (Fsp3) is 0.250. The highest BCUT2D eigenvalue weighted by Crippen LogP contribution is 2.29. The maximum Gasteiger partial charge on any atom is 0.270 e. The van der Waals surface area contributed by atoms with Crippen LogP contribution in [0.2, 0.25) is 5.02 Å². The highest BCUT2D eigenvalue weighted by Gasteiger charge is 2.38. The number of rotatable bonds is 8. The van der Waals surface area contributed by atoms with Crippen LogP contribution in [0.4, 0.5) is 11.4 Å². The quantitative estimate of drug-likeness (QED) is 0.337. The van der Waals surface area contributed by atoms with Gasteiger partial charge in [0.1, 0.15) is 6.54 Å². The smallest absolute Gasteiger partial charge is 0.270 e. The summed E-state index contributed by atoms with van der Waals surface area (Å²) in [6.07, 6.45) is 0. The van der Waals surface area contributed by atoms with Crippen molar-refractivity contribution in [3.8, 4) is 0 Å². The molecule has 1 aliphatic heterocycles. The van der Waals surface area contributed by atoms with E-state index in [1.54, 1.807) is 13.8 Å². The third-order valence-electron chi connectivity index (χ3n) is 5.02. The number of amides is 3. The molecule has 13 heteroatoms. The summed E-state index contributed by atoms with van der Waals surface area (Å²) >= 11 is 6.10. The first-order valence-corrected chi connectivity index (χ1v) is 11.6. The standard InChI is InChI=1S/C20H19ClN4O7S/c1-3-23(4-2)33(31,32)13-6-8-16(21)17(10-13)22-18(26)11-24-19(27)14-7-5-12(25(29)30)9-15(14)20(24)28/h5-10H,3-4,11H2,1-2H3,(H,22,26). The van der Waals surface area contributed by atoms with E-state index >= 15 is 0 Å². The summed E-state index contributed by atoms with van der Waals surface area (Å²) in [5.41, 5.74) is -0.600. The normalized spacial score (nSPS) is 13.4. The van der Waals surface area contributed by atoms with Crippen LogP contribution >= 0.6 is 11.6 Å². The molecule has 0 aliphatic carbocycles. The predicted molar refractivity (Wildman–Crippen MR) is 119 cm³/mol. The average Bonchev–Trinajstić information content (AvgIpc) is 3.00. The number of imide groups is 1. The second-order valence-electron chi connectivity index (χ2n) is 6.96. The molecule has 0 saturated carbocycles. The minimum atomic E-state index is -3.81. The SMILES string of the molecule is CCN(CC)S(=O)(=O)c1ccc(Cl)c(NC(=O)CN2C(=O)c3ccc([N+](=O)[O-])cc3C2=O)c1. The molecule has 0 saturated heterocycles. The van der Waals surface area contributed by atoms with Gasteiger partial charge in [0.25, 0.3) is 17.5 Å². The lowest BCUT2D eigenvalue weighted by molar-refractivity contribution is -0.384. The molecule has 0 bridgehead atoms. The van der Waals surface area contributed by atoms with E-state index in [0.29, 0.717) is 4.90 Å². The Bertz CT molecular complexity index is 1280. The van der Waals surface area contributed by atoms with Crippen LogP contribution < -0.4 is 5.32 Å². The number of halogens is 1. The molecule has 1 N–H and O–H groups in total. The number of hydrogen-bond donors (Lipinski definition) is 1. The molecule has 11 nitrogen and oxygen atoms in total. The van der Waals surface area contributed by atoms with Crippen molar-refractivity contribution in [1.82, 2.24) is 9.21 Å². The first-order chi connectivity index (χ1) is 15.5. The Morgan fingerprint density at radius 1 is 1.09 bits per heavy atom. The van der Waals surface area contributed by atoms with Gasteiger partial charge >= 0.3 is 0 Å². The van der Waals surface area contributed by atoms with Gasteiger partial charge in [-0.2, -0.15) is 4.31 Å². The second kappa shape index (κ2) is 9.25. The molecule has 1 heterocycles. The van der Waals surface area contributed by atoms with E-state index in [2.05, 4.69) is 5.32 Å². The predicted octanol–water partition coefficient (Wildman–Crippen LogP) is 2.51. The van der Waals surface area contributed by atoms with E-state index in [-0.39, 0.29) is 45.5 Å². The third-order valence-corrected chi connectivity index (χ3v) is 7.40. The van der Waals surface area contributed by atoms with E-state index < -0.39 is 39.2 Å². The number of nitrogens with zero attached hydrogens (tertiary/aromatic N) is 3. The average molecular weight is 495 g/mol. The zero-order valence-corrected chi connectivity index (χ0v) is 19.1. The lowest BCUT2D eigenvalue weighted by atomic mass is 10.1. The van der Waals surface area contributed by atoms with Gasteiger partial charge in [0.15, 0.2) is 0 Å². The summed E-state index contributed by atoms with van der Waals surface area (Å²) in [7, 11) is -3.81. The van der Waals surface area contributed by atoms with Crippen LogP contribution in [-0.2, 0) is 14.8 Å². The summed E-state index contributed by atoms with van der Waals surface area (Å²) in [4.78, 5) is 48.4. The minimum Gasteiger partial charge on any atom is -0.323 e. The van der Waals surface area contributed by atoms with E-state index in [1.807, 2.05) is 0 Å². The Hall–Kier alpha value is -3.35. The number of carbonyl (C=O) groups excluding carboxylic acids is 3. The third kappa shape index (κ3) is 4.58. The molecule has 2 aromatic carbocycles. The van der Waals surface area contributed by atoms with E-state index in [1.165, 1.54) is 22.5 Å². The van der Waals surface area contributed by atoms with Gasteiger partial charge < -0.3 is 5.32 Å². The molecule has 174 valence electrons. The fourth-order valence-corrected chi connectivity index (χ4v) is 4.99. The van der Waals surface area contributed by atoms with Crippen molar-refractivity contribution in [3.05, 3.63) is 62.7 Å². The summed E-state index contributed by atoms with van der Waals surface area (Å²) in [5.74, 6) is -2.43. The van der Waals surface area contributed by atoms with E-state index in [4.69, 9.17) is 11.6 Å². The molecule has 0 aromatic heterocycles. The van der Waals surface area contributed by atoms with Gasteiger partial charge in [0, 0.05) is 25.2 Å². The molecule has 1 aliphatic rings. The molecular weight excluding hydrogens is 476 g/mol. The van der Waals surface area contributed by atoms with E-state index in [0.717, 1.165) is 18.2 Å². The Morgan fingerprint density at radius 3 is 2.33 bits per heavy atom. The van der Waals surface area contributed by atoms with Crippen molar-refractivity contribution in [1.29, 1.82) is 0 Å². The van der Waals surface area contributed by atoms with Crippen LogP contribution in [0.5, 0.6) is 0 Å². The molecular formula is C20H19ClN4O7S. The van der Waals surface area contributed by atoms with Gasteiger partial charge in [-0.25, -0.2) is 8.42 Å². The Morgan fingerprint density at radius 2 is 1.73 bits per heavy atom. The molecule has 33 heavy (non-hydrogen) atoms. The van der Waals surface area contributed by atoms with Gasteiger partial charge in [0.05, 0.1) is 31.7 Å². The van der Waals surface area contributed by atoms with Crippen molar-refractivity contribution in [3.63, 3.8) is 0 Å². The first-order valence-electron chi connectivity index (χ1n) is 9.75. The highest BCUT2D eigenvalue weighted by atomic mass is 35.5. The molecule has 0 radical (unpaired) electrons. The number of fused-ring (bicyclic) bond motifs is 1. The number of nitrogens with one attached hydrogen (secondary N) is 1. The largest absolute Gasteiger partial charge is 0.323 e.